The Balaban J connectivity index is 4.31. The van der Waals surface area contributed by atoms with Crippen LogP contribution in [0.5, 0.6) is 0 Å². The molecule has 0 saturated heterocycles. The summed E-state index contributed by atoms with van der Waals surface area (Å²) >= 11 is 0. The van der Waals surface area contributed by atoms with Crippen molar-refractivity contribution in [3.05, 3.63) is 85.1 Å². The number of amides is 1. The Kier molecular flexibility index (Phi) is 34.8. The van der Waals surface area contributed by atoms with Gasteiger partial charge in [-0.05, 0) is 77.6 Å². The zero-order chi connectivity index (χ0) is 40.0. The number of nitrogens with zero attached hydrogens (tertiary/aromatic N) is 1. The number of hydrogen-bond donors (Lipinski definition) is 2. The summed E-state index contributed by atoms with van der Waals surface area (Å²) in [6.07, 6.45) is 49.5. The van der Waals surface area contributed by atoms with E-state index in [0.717, 1.165) is 77.0 Å². The van der Waals surface area contributed by atoms with Crippen LogP contribution in [0.4, 0.5) is 0 Å². The third-order valence-corrected chi connectivity index (χ3v) is 9.63. The summed E-state index contributed by atoms with van der Waals surface area (Å²) in [6.45, 7) is 4.23. The van der Waals surface area contributed by atoms with E-state index >= 15 is 0 Å². The maximum atomic E-state index is 12.8. The Morgan fingerprint density at radius 3 is 1.72 bits per heavy atom. The number of phosphoric ester groups is 1. The molecule has 3 unspecified atom stereocenters. The fourth-order valence-corrected chi connectivity index (χ4v) is 6.08. The molecule has 9 heteroatoms. The summed E-state index contributed by atoms with van der Waals surface area (Å²) in [4.78, 5) is 25.2. The second kappa shape index (κ2) is 36.3. The van der Waals surface area contributed by atoms with Crippen molar-refractivity contribution in [3.63, 3.8) is 0 Å². The minimum Gasteiger partial charge on any atom is -0.756 e. The Morgan fingerprint density at radius 2 is 1.17 bits per heavy atom. The Hall–Kier alpha value is -2.32. The van der Waals surface area contributed by atoms with Crippen molar-refractivity contribution < 1.29 is 32.9 Å². The number of nitrogens with one attached hydrogen (secondary N) is 1. The highest BCUT2D eigenvalue weighted by molar-refractivity contribution is 7.45. The first-order valence-electron chi connectivity index (χ1n) is 20.9. The average molecular weight is 775 g/mol. The van der Waals surface area contributed by atoms with E-state index in [4.69, 9.17) is 9.05 Å². The van der Waals surface area contributed by atoms with Gasteiger partial charge in [-0.2, -0.15) is 0 Å². The molecule has 0 radical (unpaired) electrons. The van der Waals surface area contributed by atoms with E-state index < -0.39 is 26.6 Å². The highest BCUT2D eigenvalue weighted by atomic mass is 31.2. The van der Waals surface area contributed by atoms with E-state index in [2.05, 4.69) is 79.1 Å². The lowest BCUT2D eigenvalue weighted by Gasteiger charge is -2.29. The first-order valence-corrected chi connectivity index (χ1v) is 22.4. The van der Waals surface area contributed by atoms with Crippen molar-refractivity contribution in [2.75, 3.05) is 40.9 Å². The van der Waals surface area contributed by atoms with Crippen molar-refractivity contribution in [1.82, 2.24) is 5.32 Å². The Labute approximate surface area is 331 Å². The predicted molar refractivity (Wildman–Crippen MR) is 228 cm³/mol. The van der Waals surface area contributed by atoms with Crippen LogP contribution in [-0.2, 0) is 18.4 Å². The lowest BCUT2D eigenvalue weighted by atomic mass is 10.0. The quantitative estimate of drug-likeness (QED) is 0.0284. The predicted octanol–water partition coefficient (Wildman–Crippen LogP) is 10.8. The van der Waals surface area contributed by atoms with Crippen LogP contribution >= 0.6 is 7.82 Å². The average Bonchev–Trinajstić information content (AvgIpc) is 3.12. The van der Waals surface area contributed by atoms with Gasteiger partial charge >= 0.3 is 0 Å². The molecule has 0 aromatic rings. The molecule has 0 aliphatic heterocycles. The highest BCUT2D eigenvalue weighted by Gasteiger charge is 2.23. The molecule has 0 bridgehead atoms. The topological polar surface area (TPSA) is 108 Å². The summed E-state index contributed by atoms with van der Waals surface area (Å²) in [5.74, 6) is -0.225. The zero-order valence-corrected chi connectivity index (χ0v) is 35.8. The molecule has 8 nitrogen and oxygen atoms in total. The van der Waals surface area contributed by atoms with Crippen LogP contribution in [0.3, 0.4) is 0 Å². The molecular formula is C45H79N2O6P. The van der Waals surface area contributed by atoms with Crippen molar-refractivity contribution in [1.29, 1.82) is 0 Å². The molecule has 2 N–H and O–H groups in total. The fraction of sp³-hybridized carbons (Fsp3) is 0.667. The van der Waals surface area contributed by atoms with E-state index in [0.29, 0.717) is 17.4 Å². The lowest BCUT2D eigenvalue weighted by Crippen LogP contribution is -2.45. The van der Waals surface area contributed by atoms with Crippen molar-refractivity contribution in [2.45, 2.75) is 154 Å². The zero-order valence-electron chi connectivity index (χ0n) is 34.9. The maximum absolute atomic E-state index is 12.8. The van der Waals surface area contributed by atoms with Gasteiger partial charge in [0.2, 0.25) is 5.91 Å². The van der Waals surface area contributed by atoms with Gasteiger partial charge in [-0.1, -0.05) is 143 Å². The largest absolute Gasteiger partial charge is 0.756 e. The first kappa shape index (κ1) is 51.7. The van der Waals surface area contributed by atoms with Gasteiger partial charge in [-0.3, -0.25) is 9.36 Å². The van der Waals surface area contributed by atoms with Gasteiger partial charge < -0.3 is 28.8 Å². The summed E-state index contributed by atoms with van der Waals surface area (Å²) in [5, 5.41) is 13.6. The number of carbonyl (C=O) groups excluding carboxylic acids is 1. The number of aliphatic hydroxyl groups excluding tert-OH is 1. The number of allylic oxidation sites excluding steroid dienone is 13. The van der Waals surface area contributed by atoms with Crippen molar-refractivity contribution in [2.24, 2.45) is 0 Å². The van der Waals surface area contributed by atoms with Gasteiger partial charge in [0.1, 0.15) is 13.2 Å². The number of quaternary nitrogens is 1. The van der Waals surface area contributed by atoms with Gasteiger partial charge in [-0.15, -0.1) is 0 Å². The number of rotatable bonds is 36. The van der Waals surface area contributed by atoms with Crippen molar-refractivity contribution >= 4 is 13.7 Å². The van der Waals surface area contributed by atoms with E-state index in [1.165, 1.54) is 44.9 Å². The van der Waals surface area contributed by atoms with Crippen LogP contribution in [0.2, 0.25) is 0 Å². The minimum atomic E-state index is -4.60. The minimum absolute atomic E-state index is 0.0146. The van der Waals surface area contributed by atoms with Crippen LogP contribution in [-0.4, -0.2) is 68.5 Å². The normalized spacial score (nSPS) is 15.3. The molecule has 1 amide bonds. The van der Waals surface area contributed by atoms with Crippen molar-refractivity contribution in [3.8, 4) is 0 Å². The summed E-state index contributed by atoms with van der Waals surface area (Å²) < 4.78 is 23.1. The standard InChI is InChI=1S/C45H79N2O6P/c1-6-8-10-12-14-16-17-18-19-20-21-22-23-24-25-26-27-28-29-31-33-35-37-39-45(49)46-43(42-53-54(50,51)52-41-40-47(3,4)5)44(48)38-36-34-32-30-15-13-11-9-7-2/h7-10,14-16,18-19,21-22,30,36,38,43-44,48H,6,11-13,17,20,23-29,31-35,37,39-42H2,1-5H3,(H-,46,49,50,51)/b9-7+,10-8-,16-14-,19-18-,22-21-,30-15+,38-36+. The number of phosphoric acid groups is 1. The monoisotopic (exact) mass is 775 g/mol. The smallest absolute Gasteiger partial charge is 0.268 e. The van der Waals surface area contributed by atoms with E-state index in [9.17, 15) is 19.4 Å². The lowest BCUT2D eigenvalue weighted by molar-refractivity contribution is -0.870. The third kappa shape index (κ3) is 38.0. The summed E-state index contributed by atoms with van der Waals surface area (Å²) in [5.41, 5.74) is 0. The molecule has 0 aromatic heterocycles. The molecule has 310 valence electrons. The molecule has 0 spiro atoms. The van der Waals surface area contributed by atoms with Crippen LogP contribution in [0.15, 0.2) is 85.1 Å². The molecule has 0 aliphatic rings. The van der Waals surface area contributed by atoms with Crippen LogP contribution < -0.4 is 10.2 Å². The SMILES string of the molecule is C/C=C/CC/C=C/CC/C=C/C(O)C(COP(=O)([O-])OCC[N+](C)(C)C)NC(=O)CCCCCCCCCCCC/C=C\C/C=C\C/C=C\C/C=C\CC. The number of carbonyl (C=O) groups is 1. The highest BCUT2D eigenvalue weighted by Crippen LogP contribution is 2.38. The first-order chi connectivity index (χ1) is 26.0. The molecule has 0 aliphatic carbocycles. The van der Waals surface area contributed by atoms with Gasteiger partial charge in [0.25, 0.3) is 7.82 Å². The molecule has 0 heterocycles. The van der Waals surface area contributed by atoms with Gasteiger partial charge in [0, 0.05) is 6.42 Å². The molecule has 0 rings (SSSR count). The number of unbranched alkanes of at least 4 members (excludes halogenated alkanes) is 12. The Bertz CT molecular complexity index is 1150. The second-order valence-electron chi connectivity index (χ2n) is 15.0. The summed E-state index contributed by atoms with van der Waals surface area (Å²) in [7, 11) is 1.21. The van der Waals surface area contributed by atoms with Gasteiger partial charge in [-0.25, -0.2) is 0 Å². The number of aliphatic hydroxyl groups is 1. The van der Waals surface area contributed by atoms with E-state index in [1.807, 2.05) is 40.2 Å². The summed E-state index contributed by atoms with van der Waals surface area (Å²) in [6, 6.07) is -0.914. The number of likely N-dealkylation sites (N-methyl/N-ethyl adjacent to an activating group) is 1. The van der Waals surface area contributed by atoms with Gasteiger partial charge in [0.05, 0.1) is 39.9 Å². The van der Waals surface area contributed by atoms with Crippen LogP contribution in [0.25, 0.3) is 0 Å². The Morgan fingerprint density at radius 1 is 0.685 bits per heavy atom. The molecule has 54 heavy (non-hydrogen) atoms. The molecule has 0 aromatic carbocycles. The van der Waals surface area contributed by atoms with Gasteiger partial charge in [0.15, 0.2) is 0 Å². The van der Waals surface area contributed by atoms with E-state index in [1.54, 1.807) is 6.08 Å². The molecule has 0 saturated carbocycles. The van der Waals surface area contributed by atoms with E-state index in [-0.39, 0.29) is 12.5 Å². The molecule has 3 atom stereocenters. The number of hydrogen-bond acceptors (Lipinski definition) is 6. The molecular weight excluding hydrogens is 695 g/mol. The van der Waals surface area contributed by atoms with Crippen LogP contribution in [0.1, 0.15) is 142 Å². The third-order valence-electron chi connectivity index (χ3n) is 8.66. The maximum Gasteiger partial charge on any atom is 0.268 e. The van der Waals surface area contributed by atoms with Crippen LogP contribution in [0, 0.1) is 0 Å². The fourth-order valence-electron chi connectivity index (χ4n) is 5.36. The second-order valence-corrected chi connectivity index (χ2v) is 16.4. The molecule has 0 fully saturated rings.